The van der Waals surface area contributed by atoms with Crippen LogP contribution in [0.15, 0.2) is 76.4 Å². The topological polar surface area (TPSA) is 105 Å². The maximum atomic E-state index is 12.5. The third-order valence-electron chi connectivity index (χ3n) is 5.14. The molecular weight excluding hydrogens is 528 g/mol. The van der Waals surface area contributed by atoms with Crippen molar-refractivity contribution >= 4 is 45.3 Å². The van der Waals surface area contributed by atoms with Crippen LogP contribution in [0.2, 0.25) is 0 Å². The zero-order chi connectivity index (χ0) is 24.9. The zero-order valence-corrected chi connectivity index (χ0v) is 21.4. The number of nitrogens with zero attached hydrogens (tertiary/aromatic N) is 3. The summed E-state index contributed by atoms with van der Waals surface area (Å²) in [6.07, 6.45) is 0. The molecule has 0 aliphatic rings. The molecule has 0 radical (unpaired) electrons. The monoisotopic (exact) mass is 548 g/mol. The lowest BCUT2D eigenvalue weighted by Crippen LogP contribution is -2.17. The number of carboxylic acids is 1. The van der Waals surface area contributed by atoms with Crippen LogP contribution in [0.5, 0.6) is 0 Å². The summed E-state index contributed by atoms with van der Waals surface area (Å²) in [5.41, 5.74) is 5.62. The largest absolute Gasteiger partial charge is 0.478 e. The molecule has 4 aromatic rings. The maximum Gasteiger partial charge on any atom is 0.337 e. The summed E-state index contributed by atoms with van der Waals surface area (Å²) in [4.78, 5) is 28.8. The average Bonchev–Trinajstić information content (AvgIpc) is 2.85. The Kier molecular flexibility index (Phi) is 7.57. The van der Waals surface area contributed by atoms with E-state index in [2.05, 4.69) is 31.4 Å². The van der Waals surface area contributed by atoms with E-state index in [1.54, 1.807) is 12.1 Å². The van der Waals surface area contributed by atoms with E-state index in [1.807, 2.05) is 62.4 Å². The van der Waals surface area contributed by atoms with Crippen LogP contribution in [0.25, 0.3) is 22.5 Å². The molecule has 0 bridgehead atoms. The van der Waals surface area contributed by atoms with Gasteiger partial charge in [0, 0.05) is 15.6 Å². The van der Waals surface area contributed by atoms with Crippen LogP contribution >= 0.6 is 27.7 Å². The molecular formula is C26H21BrN4O3S. The summed E-state index contributed by atoms with van der Waals surface area (Å²) in [5, 5.41) is 21.1. The van der Waals surface area contributed by atoms with Crippen LogP contribution < -0.4 is 5.32 Å². The highest BCUT2D eigenvalue weighted by molar-refractivity contribution is 9.10. The fraction of sp³-hybridized carbons (Fsp3) is 0.115. The van der Waals surface area contributed by atoms with E-state index in [1.165, 1.54) is 6.07 Å². The Hall–Kier alpha value is -3.56. The molecule has 1 amide bonds. The molecule has 0 unspecified atom stereocenters. The summed E-state index contributed by atoms with van der Waals surface area (Å²) in [6.45, 7) is 4.04. The number of hydrogen-bond donors (Lipinski definition) is 2. The van der Waals surface area contributed by atoms with Crippen molar-refractivity contribution in [2.45, 2.75) is 19.0 Å². The highest BCUT2D eigenvalue weighted by Crippen LogP contribution is 2.30. The van der Waals surface area contributed by atoms with Gasteiger partial charge in [-0.25, -0.2) is 9.78 Å². The van der Waals surface area contributed by atoms with Crippen molar-refractivity contribution in [3.8, 4) is 22.5 Å². The van der Waals surface area contributed by atoms with Crippen LogP contribution in [0.4, 0.5) is 5.69 Å². The molecule has 1 heterocycles. The highest BCUT2D eigenvalue weighted by atomic mass is 79.9. The number of carbonyl (C=O) groups is 2. The predicted octanol–water partition coefficient (Wildman–Crippen LogP) is 6.01. The van der Waals surface area contributed by atoms with Gasteiger partial charge < -0.3 is 10.4 Å². The number of amides is 1. The van der Waals surface area contributed by atoms with Gasteiger partial charge in [0.05, 0.1) is 17.0 Å². The number of rotatable bonds is 7. The number of aromatic carboxylic acids is 1. The lowest BCUT2D eigenvalue weighted by molar-refractivity contribution is -0.113. The third kappa shape index (κ3) is 6.12. The molecule has 0 saturated carbocycles. The van der Waals surface area contributed by atoms with Gasteiger partial charge in [-0.05, 0) is 32.0 Å². The minimum absolute atomic E-state index is 0.000232. The van der Waals surface area contributed by atoms with E-state index in [9.17, 15) is 14.7 Å². The predicted molar refractivity (Wildman–Crippen MR) is 141 cm³/mol. The molecule has 0 saturated heterocycles. The van der Waals surface area contributed by atoms with Crippen LogP contribution in [0.1, 0.15) is 21.5 Å². The Morgan fingerprint density at radius 3 is 2.09 bits per heavy atom. The minimum atomic E-state index is -1.13. The molecule has 1 aromatic heterocycles. The second kappa shape index (κ2) is 10.8. The van der Waals surface area contributed by atoms with Crippen LogP contribution in [0.3, 0.4) is 0 Å². The van der Waals surface area contributed by atoms with Gasteiger partial charge in [0.25, 0.3) is 0 Å². The quantitative estimate of drug-likeness (QED) is 0.272. The normalized spacial score (nSPS) is 10.7. The van der Waals surface area contributed by atoms with Crippen molar-refractivity contribution in [2.75, 3.05) is 11.1 Å². The number of benzene rings is 3. The molecule has 0 aliphatic heterocycles. The van der Waals surface area contributed by atoms with Crippen LogP contribution in [-0.2, 0) is 4.79 Å². The first-order valence-electron chi connectivity index (χ1n) is 10.6. The SMILES string of the molecule is Cc1ccc(-c2nnc(SCC(=O)Nc3ccc(Br)cc3C(=O)O)nc2-c2ccc(C)cc2)cc1. The third-order valence-corrected chi connectivity index (χ3v) is 6.47. The first kappa shape index (κ1) is 24.6. The second-order valence-electron chi connectivity index (χ2n) is 7.86. The molecule has 7 nitrogen and oxygen atoms in total. The number of thioether (sulfide) groups is 1. The summed E-state index contributed by atoms with van der Waals surface area (Å²) < 4.78 is 0.610. The number of anilines is 1. The summed E-state index contributed by atoms with van der Waals surface area (Å²) in [7, 11) is 0. The van der Waals surface area contributed by atoms with Gasteiger partial charge in [-0.1, -0.05) is 87.3 Å². The summed E-state index contributed by atoms with van der Waals surface area (Å²) in [5.74, 6) is -1.51. The fourth-order valence-electron chi connectivity index (χ4n) is 3.31. The van der Waals surface area contributed by atoms with Crippen molar-refractivity contribution in [3.63, 3.8) is 0 Å². The summed E-state index contributed by atoms with van der Waals surface area (Å²) >= 11 is 4.37. The molecule has 0 atom stereocenters. The standard InChI is InChI=1S/C26H21BrN4O3S/c1-15-3-7-17(8-4-15)23-24(18-9-5-16(2)6-10-18)30-31-26(29-23)35-14-22(32)28-21-12-11-19(27)13-20(21)25(33)34/h3-13H,14H2,1-2H3,(H,28,32)(H,33,34). The van der Waals surface area contributed by atoms with E-state index < -0.39 is 5.97 Å². The second-order valence-corrected chi connectivity index (χ2v) is 9.71. The average molecular weight is 549 g/mol. The zero-order valence-electron chi connectivity index (χ0n) is 18.9. The number of aryl methyl sites for hydroxylation is 2. The fourth-order valence-corrected chi connectivity index (χ4v) is 4.26. The van der Waals surface area contributed by atoms with Gasteiger partial charge in [0.15, 0.2) is 0 Å². The molecule has 3 aromatic carbocycles. The van der Waals surface area contributed by atoms with Gasteiger partial charge in [-0.3, -0.25) is 4.79 Å². The lowest BCUT2D eigenvalue weighted by atomic mass is 10.0. The molecule has 4 rings (SSSR count). The Labute approximate surface area is 215 Å². The van der Waals surface area contributed by atoms with E-state index in [0.29, 0.717) is 21.0 Å². The van der Waals surface area contributed by atoms with Crippen LogP contribution in [0, 0.1) is 13.8 Å². The number of halogens is 1. The Balaban J connectivity index is 1.57. The number of carboxylic acid groups (broad SMARTS) is 1. The van der Waals surface area contributed by atoms with E-state index in [4.69, 9.17) is 4.98 Å². The van der Waals surface area contributed by atoms with Gasteiger partial charge in [-0.15, -0.1) is 10.2 Å². The van der Waals surface area contributed by atoms with Crippen LogP contribution in [-0.4, -0.2) is 37.9 Å². The van der Waals surface area contributed by atoms with Crippen molar-refractivity contribution in [1.82, 2.24) is 15.2 Å². The molecule has 35 heavy (non-hydrogen) atoms. The van der Waals surface area contributed by atoms with Gasteiger partial charge in [0.2, 0.25) is 11.1 Å². The molecule has 9 heteroatoms. The van der Waals surface area contributed by atoms with Crippen molar-refractivity contribution in [3.05, 3.63) is 87.9 Å². The highest BCUT2D eigenvalue weighted by Gasteiger charge is 2.17. The van der Waals surface area contributed by atoms with Gasteiger partial charge >= 0.3 is 5.97 Å². The number of aromatic nitrogens is 3. The Bertz CT molecular complexity index is 1390. The smallest absolute Gasteiger partial charge is 0.337 e. The first-order chi connectivity index (χ1) is 16.8. The van der Waals surface area contributed by atoms with Crippen molar-refractivity contribution in [2.24, 2.45) is 0 Å². The molecule has 176 valence electrons. The molecule has 0 aliphatic carbocycles. The van der Waals surface area contributed by atoms with Gasteiger partial charge in [-0.2, -0.15) is 0 Å². The minimum Gasteiger partial charge on any atom is -0.478 e. The number of nitrogens with one attached hydrogen (secondary N) is 1. The Morgan fingerprint density at radius 1 is 0.886 bits per heavy atom. The van der Waals surface area contributed by atoms with Crippen molar-refractivity contribution in [1.29, 1.82) is 0 Å². The van der Waals surface area contributed by atoms with Crippen molar-refractivity contribution < 1.29 is 14.7 Å². The summed E-state index contributed by atoms with van der Waals surface area (Å²) in [6, 6.07) is 20.6. The molecule has 0 spiro atoms. The molecule has 0 fully saturated rings. The number of hydrogen-bond acceptors (Lipinski definition) is 6. The van der Waals surface area contributed by atoms with E-state index in [0.717, 1.165) is 34.0 Å². The molecule has 2 N–H and O–H groups in total. The number of carbonyl (C=O) groups excluding carboxylic acids is 1. The maximum absolute atomic E-state index is 12.5. The van der Waals surface area contributed by atoms with Gasteiger partial charge in [0.1, 0.15) is 11.4 Å². The van der Waals surface area contributed by atoms with E-state index in [-0.39, 0.29) is 22.9 Å². The Morgan fingerprint density at radius 2 is 1.49 bits per heavy atom. The lowest BCUT2D eigenvalue weighted by Gasteiger charge is -2.11. The van der Waals surface area contributed by atoms with E-state index >= 15 is 0 Å². The first-order valence-corrected chi connectivity index (χ1v) is 12.4.